The Bertz CT molecular complexity index is 1080. The van der Waals surface area contributed by atoms with E-state index in [0.29, 0.717) is 17.0 Å². The Kier molecular flexibility index (Phi) is 5.54. The molecule has 7 nitrogen and oxygen atoms in total. The summed E-state index contributed by atoms with van der Waals surface area (Å²) in [6, 6.07) is 12.7. The maximum atomic E-state index is 12.5. The second-order valence-electron chi connectivity index (χ2n) is 6.51. The fraction of sp³-hybridized carbons (Fsp3) is 0.238. The number of rotatable bonds is 5. The molecule has 0 fully saturated rings. The van der Waals surface area contributed by atoms with Crippen LogP contribution in [0.25, 0.3) is 11.0 Å². The number of hydrogen-bond acceptors (Lipinski definition) is 4. The molecule has 0 aliphatic rings. The number of amides is 2. The molecule has 2 aromatic carbocycles. The molecule has 0 saturated heterocycles. The molecular formula is C21H23N5O2. The van der Waals surface area contributed by atoms with Gasteiger partial charge in [0.05, 0.1) is 16.7 Å². The molecule has 144 valence electrons. The predicted molar refractivity (Wildman–Crippen MR) is 111 cm³/mol. The molecule has 0 saturated carbocycles. The van der Waals surface area contributed by atoms with Crippen molar-refractivity contribution in [3.05, 3.63) is 59.4 Å². The minimum Gasteiger partial charge on any atom is -0.329 e. The van der Waals surface area contributed by atoms with Gasteiger partial charge in [-0.2, -0.15) is 5.10 Å². The third kappa shape index (κ3) is 4.09. The molecule has 0 atom stereocenters. The number of nitrogens with one attached hydrogen (secondary N) is 2. The van der Waals surface area contributed by atoms with Gasteiger partial charge in [0.2, 0.25) is 5.91 Å². The van der Waals surface area contributed by atoms with Gasteiger partial charge in [0.15, 0.2) is 0 Å². The smallest absolute Gasteiger partial charge is 0.271 e. The monoisotopic (exact) mass is 377 g/mol. The van der Waals surface area contributed by atoms with Crippen LogP contribution in [0.5, 0.6) is 0 Å². The Morgan fingerprint density at radius 1 is 1.11 bits per heavy atom. The molecule has 3 rings (SSSR count). The summed E-state index contributed by atoms with van der Waals surface area (Å²) in [6.45, 7) is 8.09. The molecule has 0 spiro atoms. The maximum Gasteiger partial charge on any atom is 0.271 e. The molecule has 0 radical (unpaired) electrons. The van der Waals surface area contributed by atoms with Crippen LogP contribution in [0.2, 0.25) is 0 Å². The summed E-state index contributed by atoms with van der Waals surface area (Å²) in [5.74, 6) is 0.474. The molecule has 2 amide bonds. The largest absolute Gasteiger partial charge is 0.329 e. The molecule has 0 aliphatic carbocycles. The van der Waals surface area contributed by atoms with Crippen LogP contribution in [0.1, 0.15) is 42.5 Å². The second-order valence-corrected chi connectivity index (χ2v) is 6.51. The molecule has 1 heterocycles. The number of carbonyl (C=O) groups excluding carboxylic acids is 2. The van der Waals surface area contributed by atoms with E-state index in [2.05, 4.69) is 32.3 Å². The van der Waals surface area contributed by atoms with E-state index in [9.17, 15) is 9.59 Å². The van der Waals surface area contributed by atoms with Gasteiger partial charge in [-0.1, -0.05) is 12.1 Å². The molecule has 2 N–H and O–H groups in total. The lowest BCUT2D eigenvalue weighted by molar-refractivity contribution is -0.114. The number of benzene rings is 2. The van der Waals surface area contributed by atoms with Gasteiger partial charge < -0.3 is 9.88 Å². The first-order valence-electron chi connectivity index (χ1n) is 9.08. The third-order valence-corrected chi connectivity index (χ3v) is 4.44. The van der Waals surface area contributed by atoms with E-state index in [1.54, 1.807) is 31.2 Å². The number of nitrogens with zero attached hydrogens (tertiary/aromatic N) is 3. The summed E-state index contributed by atoms with van der Waals surface area (Å²) < 4.78 is 2.10. The van der Waals surface area contributed by atoms with Crippen molar-refractivity contribution in [1.82, 2.24) is 15.0 Å². The lowest BCUT2D eigenvalue weighted by Gasteiger charge is -2.06. The van der Waals surface area contributed by atoms with E-state index >= 15 is 0 Å². The van der Waals surface area contributed by atoms with E-state index in [1.165, 1.54) is 6.92 Å². The standard InChI is InChI=1S/C21H23N5O2/c1-5-26-14(3)22-19-12-17(9-10-20(19)26)21(28)25-24-13(2)16-7-6-8-18(11-16)23-15(4)27/h6-12H,5H2,1-4H3,(H,23,27)(H,25,28). The van der Waals surface area contributed by atoms with Crippen molar-refractivity contribution in [2.45, 2.75) is 34.2 Å². The van der Waals surface area contributed by atoms with Crippen molar-refractivity contribution in [2.24, 2.45) is 5.10 Å². The highest BCUT2D eigenvalue weighted by atomic mass is 16.2. The van der Waals surface area contributed by atoms with Crippen molar-refractivity contribution in [1.29, 1.82) is 0 Å². The van der Waals surface area contributed by atoms with E-state index in [4.69, 9.17) is 0 Å². The van der Waals surface area contributed by atoms with Gasteiger partial charge in [0, 0.05) is 24.7 Å². The van der Waals surface area contributed by atoms with Crippen LogP contribution in [-0.2, 0) is 11.3 Å². The lowest BCUT2D eigenvalue weighted by Crippen LogP contribution is -2.19. The number of imidazole rings is 1. The molecule has 7 heteroatoms. The Labute approximate surface area is 163 Å². The van der Waals surface area contributed by atoms with E-state index < -0.39 is 0 Å². The summed E-state index contributed by atoms with van der Waals surface area (Å²) in [5, 5.41) is 6.92. The summed E-state index contributed by atoms with van der Waals surface area (Å²) in [5.41, 5.74) is 6.99. The fourth-order valence-corrected chi connectivity index (χ4v) is 3.08. The van der Waals surface area contributed by atoms with Crippen molar-refractivity contribution in [2.75, 3.05) is 5.32 Å². The molecule has 1 aromatic heterocycles. The minimum absolute atomic E-state index is 0.142. The van der Waals surface area contributed by atoms with E-state index in [0.717, 1.165) is 29.0 Å². The first kappa shape index (κ1) is 19.3. The SMILES string of the molecule is CCn1c(C)nc2cc(C(=O)NN=C(C)c3cccc(NC(C)=O)c3)ccc21. The zero-order chi connectivity index (χ0) is 20.3. The van der Waals surface area contributed by atoms with Gasteiger partial charge in [-0.25, -0.2) is 10.4 Å². The number of hydrogen-bond donors (Lipinski definition) is 2. The number of aryl methyl sites for hydroxylation is 2. The highest BCUT2D eigenvalue weighted by molar-refractivity contribution is 6.02. The van der Waals surface area contributed by atoms with Crippen LogP contribution in [0.3, 0.4) is 0 Å². The van der Waals surface area contributed by atoms with E-state index in [-0.39, 0.29) is 11.8 Å². The molecule has 28 heavy (non-hydrogen) atoms. The fourth-order valence-electron chi connectivity index (χ4n) is 3.08. The van der Waals surface area contributed by atoms with Crippen LogP contribution in [0.4, 0.5) is 5.69 Å². The number of fused-ring (bicyclic) bond motifs is 1. The highest BCUT2D eigenvalue weighted by Crippen LogP contribution is 2.18. The van der Waals surface area contributed by atoms with E-state index in [1.807, 2.05) is 25.1 Å². The Hall–Kier alpha value is -3.48. The van der Waals surface area contributed by atoms with Crippen molar-refractivity contribution >= 4 is 34.2 Å². The Morgan fingerprint density at radius 3 is 2.61 bits per heavy atom. The quantitative estimate of drug-likeness (QED) is 0.527. The van der Waals surface area contributed by atoms with Gasteiger partial charge in [-0.05, 0) is 56.7 Å². The number of hydrazone groups is 1. The molecule has 3 aromatic rings. The van der Waals surface area contributed by atoms with Gasteiger partial charge in [-0.15, -0.1) is 0 Å². The lowest BCUT2D eigenvalue weighted by atomic mass is 10.1. The average Bonchev–Trinajstić information content (AvgIpc) is 2.99. The molecule has 0 unspecified atom stereocenters. The predicted octanol–water partition coefficient (Wildman–Crippen LogP) is 3.48. The number of anilines is 1. The van der Waals surface area contributed by atoms with Crippen LogP contribution in [0.15, 0.2) is 47.6 Å². The summed E-state index contributed by atoms with van der Waals surface area (Å²) in [7, 11) is 0. The van der Waals surface area contributed by atoms with Crippen molar-refractivity contribution in [3.63, 3.8) is 0 Å². The average molecular weight is 377 g/mol. The number of carbonyl (C=O) groups is 2. The maximum absolute atomic E-state index is 12.5. The number of aromatic nitrogens is 2. The summed E-state index contributed by atoms with van der Waals surface area (Å²) in [4.78, 5) is 28.2. The van der Waals surface area contributed by atoms with Gasteiger partial charge >= 0.3 is 0 Å². The molecule has 0 aliphatic heterocycles. The van der Waals surface area contributed by atoms with Crippen molar-refractivity contribution in [3.8, 4) is 0 Å². The normalized spacial score (nSPS) is 11.5. The third-order valence-electron chi connectivity index (χ3n) is 4.44. The van der Waals surface area contributed by atoms with Gasteiger partial charge in [0.25, 0.3) is 5.91 Å². The summed E-state index contributed by atoms with van der Waals surface area (Å²) in [6.07, 6.45) is 0. The summed E-state index contributed by atoms with van der Waals surface area (Å²) >= 11 is 0. The first-order chi connectivity index (χ1) is 13.4. The van der Waals surface area contributed by atoms with Crippen molar-refractivity contribution < 1.29 is 9.59 Å². The van der Waals surface area contributed by atoms with Crippen LogP contribution in [-0.4, -0.2) is 27.1 Å². The molecular weight excluding hydrogens is 354 g/mol. The van der Waals surface area contributed by atoms with Crippen LogP contribution in [0, 0.1) is 6.92 Å². The highest BCUT2D eigenvalue weighted by Gasteiger charge is 2.11. The van der Waals surface area contributed by atoms with Gasteiger partial charge in [-0.3, -0.25) is 9.59 Å². The van der Waals surface area contributed by atoms with Crippen LogP contribution >= 0.6 is 0 Å². The Balaban J connectivity index is 1.77. The second kappa shape index (κ2) is 8.04. The molecule has 0 bridgehead atoms. The van der Waals surface area contributed by atoms with Crippen LogP contribution < -0.4 is 10.7 Å². The van der Waals surface area contributed by atoms with Gasteiger partial charge in [0.1, 0.15) is 5.82 Å². The first-order valence-corrected chi connectivity index (χ1v) is 9.08. The minimum atomic E-state index is -0.303. The topological polar surface area (TPSA) is 88.4 Å². The Morgan fingerprint density at radius 2 is 1.89 bits per heavy atom. The zero-order valence-corrected chi connectivity index (χ0v) is 16.4. The zero-order valence-electron chi connectivity index (χ0n) is 16.4.